The highest BCUT2D eigenvalue weighted by Gasteiger charge is 2.16. The fraction of sp³-hybridized carbons (Fsp3) is 0.176. The fourth-order valence-electron chi connectivity index (χ4n) is 2.46. The third kappa shape index (κ3) is 3.19. The van der Waals surface area contributed by atoms with Gasteiger partial charge in [0.1, 0.15) is 11.6 Å². The van der Waals surface area contributed by atoms with Gasteiger partial charge in [0.15, 0.2) is 0 Å². The Kier molecular flexibility index (Phi) is 4.41. The van der Waals surface area contributed by atoms with Gasteiger partial charge in [-0.05, 0) is 24.3 Å². The molecular formula is C17H15F2N3O2. The van der Waals surface area contributed by atoms with Crippen LogP contribution in [0.25, 0.3) is 11.0 Å². The molecule has 0 bridgehead atoms. The second-order valence-corrected chi connectivity index (χ2v) is 5.13. The smallest absolute Gasteiger partial charge is 0.387 e. The van der Waals surface area contributed by atoms with Crippen LogP contribution < -0.4 is 10.1 Å². The maximum Gasteiger partial charge on any atom is 0.387 e. The molecule has 0 atom stereocenters. The van der Waals surface area contributed by atoms with E-state index in [-0.39, 0.29) is 17.9 Å². The van der Waals surface area contributed by atoms with E-state index >= 15 is 0 Å². The second kappa shape index (κ2) is 6.66. The summed E-state index contributed by atoms with van der Waals surface area (Å²) >= 11 is 0. The van der Waals surface area contributed by atoms with Crippen molar-refractivity contribution < 1.29 is 18.3 Å². The molecule has 0 aliphatic heterocycles. The lowest BCUT2D eigenvalue weighted by Crippen LogP contribution is -2.25. The van der Waals surface area contributed by atoms with E-state index in [1.165, 1.54) is 18.2 Å². The number of fused-ring (bicyclic) bond motifs is 1. The van der Waals surface area contributed by atoms with Crippen LogP contribution >= 0.6 is 0 Å². The van der Waals surface area contributed by atoms with Gasteiger partial charge in [-0.25, -0.2) is 4.98 Å². The number of hydrogen-bond donors (Lipinski definition) is 1. The third-order valence-electron chi connectivity index (χ3n) is 3.63. The maximum absolute atomic E-state index is 12.4. The predicted octanol–water partition coefficient (Wildman–Crippen LogP) is 3.10. The van der Waals surface area contributed by atoms with Crippen molar-refractivity contribution in [1.29, 1.82) is 0 Å². The molecule has 2 aromatic carbocycles. The minimum atomic E-state index is -2.99. The first-order valence-electron chi connectivity index (χ1n) is 7.28. The summed E-state index contributed by atoms with van der Waals surface area (Å²) in [6.07, 6.45) is 0. The summed E-state index contributed by atoms with van der Waals surface area (Å²) < 4.78 is 31.1. The number of amides is 1. The summed E-state index contributed by atoms with van der Waals surface area (Å²) in [4.78, 5) is 16.7. The number of nitrogens with zero attached hydrogens (tertiary/aromatic N) is 2. The van der Waals surface area contributed by atoms with Crippen LogP contribution in [0.2, 0.25) is 0 Å². The molecule has 124 valence electrons. The van der Waals surface area contributed by atoms with Crippen LogP contribution in [0.5, 0.6) is 5.75 Å². The molecule has 0 aliphatic rings. The number of benzene rings is 2. The van der Waals surface area contributed by atoms with Gasteiger partial charge in [-0.1, -0.05) is 24.3 Å². The number of ether oxygens (including phenoxy) is 1. The van der Waals surface area contributed by atoms with Crippen molar-refractivity contribution in [2.45, 2.75) is 13.2 Å². The first-order chi connectivity index (χ1) is 11.6. The third-order valence-corrected chi connectivity index (χ3v) is 3.63. The zero-order valence-corrected chi connectivity index (χ0v) is 12.9. The number of aryl methyl sites for hydroxylation is 1. The molecule has 3 aromatic rings. The van der Waals surface area contributed by atoms with Gasteiger partial charge in [0.05, 0.1) is 23.1 Å². The van der Waals surface area contributed by atoms with E-state index in [4.69, 9.17) is 0 Å². The van der Waals surface area contributed by atoms with Crippen LogP contribution in [-0.2, 0) is 13.6 Å². The van der Waals surface area contributed by atoms with Gasteiger partial charge in [-0.3, -0.25) is 4.79 Å². The van der Waals surface area contributed by atoms with Gasteiger partial charge in [-0.15, -0.1) is 0 Å². The molecule has 1 amide bonds. The lowest BCUT2D eigenvalue weighted by Gasteiger charge is -2.10. The zero-order chi connectivity index (χ0) is 17.1. The summed E-state index contributed by atoms with van der Waals surface area (Å²) in [5, 5.41) is 2.68. The standard InChI is InChI=1S/C17H15F2N3O2/c1-22-13-8-4-3-7-12(13)21-15(22)10-20-16(23)11-6-2-5-9-14(11)24-17(18)19/h2-9,17H,10H2,1H3,(H,20,23). The highest BCUT2D eigenvalue weighted by molar-refractivity contribution is 5.96. The van der Waals surface area contributed by atoms with Crippen molar-refractivity contribution in [1.82, 2.24) is 14.9 Å². The number of alkyl halides is 2. The monoisotopic (exact) mass is 331 g/mol. The van der Waals surface area contributed by atoms with Crippen molar-refractivity contribution in [2.24, 2.45) is 7.05 Å². The molecule has 0 saturated heterocycles. The molecule has 7 heteroatoms. The number of halogens is 2. The van der Waals surface area contributed by atoms with Crippen LogP contribution in [0.15, 0.2) is 48.5 Å². The van der Waals surface area contributed by atoms with Crippen LogP contribution in [0.1, 0.15) is 16.2 Å². The Balaban J connectivity index is 1.77. The number of para-hydroxylation sites is 3. The van der Waals surface area contributed by atoms with Crippen molar-refractivity contribution in [3.63, 3.8) is 0 Å². The first-order valence-corrected chi connectivity index (χ1v) is 7.28. The van der Waals surface area contributed by atoms with E-state index in [2.05, 4.69) is 15.0 Å². The van der Waals surface area contributed by atoms with Crippen LogP contribution in [0.3, 0.4) is 0 Å². The minimum absolute atomic E-state index is 0.0524. The lowest BCUT2D eigenvalue weighted by atomic mass is 10.2. The van der Waals surface area contributed by atoms with Crippen molar-refractivity contribution >= 4 is 16.9 Å². The quantitative estimate of drug-likeness (QED) is 0.781. The van der Waals surface area contributed by atoms with Gasteiger partial charge in [0.25, 0.3) is 5.91 Å². The van der Waals surface area contributed by atoms with Gasteiger partial charge in [-0.2, -0.15) is 8.78 Å². The summed E-state index contributed by atoms with van der Waals surface area (Å²) in [7, 11) is 1.85. The molecule has 3 rings (SSSR count). The molecule has 24 heavy (non-hydrogen) atoms. The summed E-state index contributed by atoms with van der Waals surface area (Å²) in [6.45, 7) is -2.81. The number of hydrogen-bond acceptors (Lipinski definition) is 3. The van der Waals surface area contributed by atoms with E-state index in [1.807, 2.05) is 35.9 Å². The molecule has 0 unspecified atom stereocenters. The largest absolute Gasteiger partial charge is 0.434 e. The van der Waals surface area contributed by atoms with Crippen molar-refractivity contribution in [2.75, 3.05) is 0 Å². The Morgan fingerprint density at radius 2 is 1.92 bits per heavy atom. The number of nitrogens with one attached hydrogen (secondary N) is 1. The Morgan fingerprint density at radius 1 is 1.21 bits per heavy atom. The Labute approximate surface area is 136 Å². The number of carbonyl (C=O) groups is 1. The topological polar surface area (TPSA) is 56.2 Å². The Bertz CT molecular complexity index is 877. The molecular weight excluding hydrogens is 316 g/mol. The highest BCUT2D eigenvalue weighted by atomic mass is 19.3. The minimum Gasteiger partial charge on any atom is -0.434 e. The van der Waals surface area contributed by atoms with Gasteiger partial charge >= 0.3 is 6.61 Å². The number of aromatic nitrogens is 2. The SMILES string of the molecule is Cn1c(CNC(=O)c2ccccc2OC(F)F)nc2ccccc21. The molecule has 0 fully saturated rings. The van der Waals surface area contributed by atoms with E-state index in [0.29, 0.717) is 5.82 Å². The van der Waals surface area contributed by atoms with Gasteiger partial charge < -0.3 is 14.6 Å². The Hall–Kier alpha value is -2.96. The average Bonchev–Trinajstić information content (AvgIpc) is 2.89. The molecule has 5 nitrogen and oxygen atoms in total. The number of rotatable bonds is 5. The molecule has 1 heterocycles. The van der Waals surface area contributed by atoms with E-state index in [9.17, 15) is 13.6 Å². The van der Waals surface area contributed by atoms with Gasteiger partial charge in [0.2, 0.25) is 0 Å². The maximum atomic E-state index is 12.4. The van der Waals surface area contributed by atoms with Gasteiger partial charge in [0, 0.05) is 7.05 Å². The first kappa shape index (κ1) is 15.9. The van der Waals surface area contributed by atoms with Crippen molar-refractivity contribution in [3.05, 3.63) is 59.9 Å². The second-order valence-electron chi connectivity index (χ2n) is 5.13. The fourth-order valence-corrected chi connectivity index (χ4v) is 2.46. The highest BCUT2D eigenvalue weighted by Crippen LogP contribution is 2.20. The normalized spacial score (nSPS) is 11.0. The van der Waals surface area contributed by atoms with Crippen molar-refractivity contribution in [3.8, 4) is 5.75 Å². The van der Waals surface area contributed by atoms with Crippen LogP contribution in [-0.4, -0.2) is 22.1 Å². The molecule has 0 saturated carbocycles. The zero-order valence-electron chi connectivity index (χ0n) is 12.9. The average molecular weight is 331 g/mol. The number of imidazole rings is 1. The van der Waals surface area contributed by atoms with E-state index < -0.39 is 12.5 Å². The lowest BCUT2D eigenvalue weighted by molar-refractivity contribution is -0.0501. The van der Waals surface area contributed by atoms with E-state index in [0.717, 1.165) is 11.0 Å². The van der Waals surface area contributed by atoms with E-state index in [1.54, 1.807) is 6.07 Å². The molecule has 0 spiro atoms. The summed E-state index contributed by atoms with van der Waals surface area (Å²) in [5.74, 6) is 0.00474. The predicted molar refractivity (Wildman–Crippen MR) is 85.0 cm³/mol. The molecule has 1 N–H and O–H groups in total. The summed E-state index contributed by atoms with van der Waals surface area (Å²) in [6, 6.07) is 13.5. The van der Waals surface area contributed by atoms with Crippen LogP contribution in [0, 0.1) is 0 Å². The van der Waals surface area contributed by atoms with Crippen LogP contribution in [0.4, 0.5) is 8.78 Å². The Morgan fingerprint density at radius 3 is 2.67 bits per heavy atom. The molecule has 0 radical (unpaired) electrons. The molecule has 0 aliphatic carbocycles. The molecule has 1 aromatic heterocycles. The number of carbonyl (C=O) groups excluding carboxylic acids is 1. The summed E-state index contributed by atoms with van der Waals surface area (Å²) in [5.41, 5.74) is 1.82.